The second kappa shape index (κ2) is 5.62. The molecule has 0 unspecified atom stereocenters. The molecule has 0 aliphatic rings. The van der Waals surface area contributed by atoms with Gasteiger partial charge in [0.15, 0.2) is 0 Å². The summed E-state index contributed by atoms with van der Waals surface area (Å²) in [5.74, 6) is -0.686. The highest BCUT2D eigenvalue weighted by Crippen LogP contribution is 2.31. The Morgan fingerprint density at radius 2 is 2.17 bits per heavy atom. The number of hydrogen-bond acceptors (Lipinski definition) is 4. The molecule has 18 heavy (non-hydrogen) atoms. The van der Waals surface area contributed by atoms with Gasteiger partial charge in [0.1, 0.15) is 11.5 Å². The predicted molar refractivity (Wildman–Crippen MR) is 70.1 cm³/mol. The van der Waals surface area contributed by atoms with E-state index in [2.05, 4.69) is 21.2 Å². The van der Waals surface area contributed by atoms with E-state index in [1.54, 1.807) is 0 Å². The monoisotopic (exact) mass is 320 g/mol. The molecular formula is C11H14BrFN2O3. The predicted octanol–water partition coefficient (Wildman–Crippen LogP) is 2.93. The van der Waals surface area contributed by atoms with Crippen LogP contribution in [-0.4, -0.2) is 23.2 Å². The first-order valence-corrected chi connectivity index (χ1v) is 6.04. The van der Waals surface area contributed by atoms with Crippen LogP contribution in [0.4, 0.5) is 15.8 Å². The van der Waals surface area contributed by atoms with Crippen LogP contribution in [0, 0.1) is 21.3 Å². The highest BCUT2D eigenvalue weighted by Gasteiger charge is 2.21. The van der Waals surface area contributed by atoms with Gasteiger partial charge in [-0.2, -0.15) is 0 Å². The molecule has 0 atom stereocenters. The summed E-state index contributed by atoms with van der Waals surface area (Å²) in [5, 5.41) is 22.8. The first-order valence-electron chi connectivity index (χ1n) is 5.25. The summed E-state index contributed by atoms with van der Waals surface area (Å²) in [6.45, 7) is 3.90. The van der Waals surface area contributed by atoms with Crippen molar-refractivity contribution in [2.24, 2.45) is 5.41 Å². The normalized spacial score (nSPS) is 11.4. The van der Waals surface area contributed by atoms with E-state index >= 15 is 0 Å². The molecule has 1 rings (SSSR count). The maximum Gasteiger partial charge on any atom is 0.295 e. The van der Waals surface area contributed by atoms with E-state index in [1.165, 1.54) is 6.07 Å². The third-order valence-electron chi connectivity index (χ3n) is 2.42. The van der Waals surface area contributed by atoms with Crippen molar-refractivity contribution in [3.63, 3.8) is 0 Å². The lowest BCUT2D eigenvalue weighted by molar-refractivity contribution is -0.384. The summed E-state index contributed by atoms with van der Waals surface area (Å²) in [7, 11) is 0. The molecule has 5 nitrogen and oxygen atoms in total. The van der Waals surface area contributed by atoms with Crippen molar-refractivity contribution in [3.05, 3.63) is 32.5 Å². The Morgan fingerprint density at radius 3 is 2.67 bits per heavy atom. The maximum absolute atomic E-state index is 13.2. The number of nitro groups is 1. The fourth-order valence-corrected chi connectivity index (χ4v) is 1.56. The highest BCUT2D eigenvalue weighted by molar-refractivity contribution is 9.10. The second-order valence-electron chi connectivity index (χ2n) is 4.72. The van der Waals surface area contributed by atoms with E-state index in [1.807, 2.05) is 13.8 Å². The number of nitro benzene ring substituents is 1. The average Bonchev–Trinajstić information content (AvgIpc) is 2.30. The van der Waals surface area contributed by atoms with Crippen LogP contribution in [0.3, 0.4) is 0 Å². The van der Waals surface area contributed by atoms with Crippen LogP contribution in [0.15, 0.2) is 16.6 Å². The summed E-state index contributed by atoms with van der Waals surface area (Å²) < 4.78 is 13.4. The van der Waals surface area contributed by atoms with Crippen LogP contribution >= 0.6 is 15.9 Å². The number of hydrogen-bond donors (Lipinski definition) is 2. The van der Waals surface area contributed by atoms with E-state index in [0.717, 1.165) is 6.07 Å². The number of aliphatic hydroxyl groups excluding tert-OH is 1. The van der Waals surface area contributed by atoms with Crippen LogP contribution < -0.4 is 5.32 Å². The fourth-order valence-electron chi connectivity index (χ4n) is 1.22. The minimum Gasteiger partial charge on any atom is -0.396 e. The molecule has 0 heterocycles. The lowest BCUT2D eigenvalue weighted by Gasteiger charge is -2.22. The molecular weight excluding hydrogens is 307 g/mol. The highest BCUT2D eigenvalue weighted by atomic mass is 79.9. The Labute approximate surface area is 112 Å². The topological polar surface area (TPSA) is 75.4 Å². The standard InChI is InChI=1S/C11H14BrFN2O3/c1-11(2,6-16)5-14-9-3-7(12)8(13)4-10(9)15(17)18/h3-4,14,16H,5-6H2,1-2H3. The van der Waals surface area contributed by atoms with Gasteiger partial charge < -0.3 is 10.4 Å². The summed E-state index contributed by atoms with van der Waals surface area (Å²) in [5.41, 5.74) is -0.534. The third kappa shape index (κ3) is 3.64. The molecule has 0 bridgehead atoms. The van der Waals surface area contributed by atoms with Gasteiger partial charge in [-0.3, -0.25) is 10.1 Å². The van der Waals surface area contributed by atoms with Crippen molar-refractivity contribution in [3.8, 4) is 0 Å². The molecule has 0 fully saturated rings. The van der Waals surface area contributed by atoms with E-state index in [0.29, 0.717) is 6.54 Å². The number of halogens is 2. The van der Waals surface area contributed by atoms with Gasteiger partial charge in [-0.05, 0) is 22.0 Å². The molecule has 0 aliphatic carbocycles. The van der Waals surface area contributed by atoms with Gasteiger partial charge in [0, 0.05) is 18.6 Å². The number of rotatable bonds is 5. The second-order valence-corrected chi connectivity index (χ2v) is 5.57. The SMILES string of the molecule is CC(C)(CO)CNc1cc(Br)c(F)cc1[N+](=O)[O-]. The van der Waals surface area contributed by atoms with Crippen molar-refractivity contribution in [2.75, 3.05) is 18.5 Å². The Bertz CT molecular complexity index is 466. The largest absolute Gasteiger partial charge is 0.396 e. The van der Waals surface area contributed by atoms with E-state index in [9.17, 15) is 14.5 Å². The molecule has 0 radical (unpaired) electrons. The summed E-state index contributed by atoms with van der Waals surface area (Å²) in [6, 6.07) is 2.18. The van der Waals surface area contributed by atoms with Crippen molar-refractivity contribution in [1.29, 1.82) is 0 Å². The van der Waals surface area contributed by atoms with Gasteiger partial charge in [0.05, 0.1) is 15.5 Å². The molecule has 0 saturated carbocycles. The minimum atomic E-state index is -0.686. The fraction of sp³-hybridized carbons (Fsp3) is 0.455. The van der Waals surface area contributed by atoms with Crippen LogP contribution in [-0.2, 0) is 0 Å². The van der Waals surface area contributed by atoms with E-state index in [-0.39, 0.29) is 22.5 Å². The smallest absolute Gasteiger partial charge is 0.295 e. The van der Waals surface area contributed by atoms with Gasteiger partial charge in [0.25, 0.3) is 5.69 Å². The molecule has 0 amide bonds. The quantitative estimate of drug-likeness (QED) is 0.646. The third-order valence-corrected chi connectivity index (χ3v) is 3.03. The van der Waals surface area contributed by atoms with Gasteiger partial charge >= 0.3 is 0 Å². The van der Waals surface area contributed by atoms with Crippen LogP contribution in [0.25, 0.3) is 0 Å². The molecule has 1 aromatic carbocycles. The molecule has 0 aromatic heterocycles. The number of anilines is 1. The lowest BCUT2D eigenvalue weighted by atomic mass is 9.95. The zero-order valence-corrected chi connectivity index (χ0v) is 11.6. The van der Waals surface area contributed by atoms with Crippen molar-refractivity contribution in [2.45, 2.75) is 13.8 Å². The molecule has 0 spiro atoms. The maximum atomic E-state index is 13.2. The van der Waals surface area contributed by atoms with Gasteiger partial charge in [-0.15, -0.1) is 0 Å². The van der Waals surface area contributed by atoms with E-state index in [4.69, 9.17) is 5.11 Å². The summed E-state index contributed by atoms with van der Waals surface area (Å²) in [6.07, 6.45) is 0. The Hall–Kier alpha value is -1.21. The summed E-state index contributed by atoms with van der Waals surface area (Å²) >= 11 is 2.98. The van der Waals surface area contributed by atoms with Crippen LogP contribution in [0.1, 0.15) is 13.8 Å². The van der Waals surface area contributed by atoms with Gasteiger partial charge in [0.2, 0.25) is 0 Å². The van der Waals surface area contributed by atoms with Crippen LogP contribution in [0.2, 0.25) is 0 Å². The van der Waals surface area contributed by atoms with Gasteiger partial charge in [-0.1, -0.05) is 13.8 Å². The Kier molecular flexibility index (Phi) is 4.64. The number of nitrogens with one attached hydrogen (secondary N) is 1. The first kappa shape index (κ1) is 14.8. The molecule has 0 aliphatic heterocycles. The number of benzene rings is 1. The Balaban J connectivity index is 3.01. The zero-order valence-electron chi connectivity index (χ0n) is 10.0. The molecule has 7 heteroatoms. The van der Waals surface area contributed by atoms with Crippen molar-refractivity contribution in [1.82, 2.24) is 0 Å². The summed E-state index contributed by atoms with van der Waals surface area (Å²) in [4.78, 5) is 10.2. The number of aliphatic hydroxyl groups is 1. The van der Waals surface area contributed by atoms with Gasteiger partial charge in [-0.25, -0.2) is 4.39 Å². The first-order chi connectivity index (χ1) is 8.26. The zero-order chi connectivity index (χ0) is 13.9. The average molecular weight is 321 g/mol. The Morgan fingerprint density at radius 1 is 1.56 bits per heavy atom. The molecule has 2 N–H and O–H groups in total. The van der Waals surface area contributed by atoms with Crippen LogP contribution in [0.5, 0.6) is 0 Å². The molecule has 1 aromatic rings. The van der Waals surface area contributed by atoms with E-state index < -0.39 is 16.2 Å². The molecule has 100 valence electrons. The minimum absolute atomic E-state index is 0.0594. The van der Waals surface area contributed by atoms with Crippen molar-refractivity contribution >= 4 is 27.3 Å². The lowest BCUT2D eigenvalue weighted by Crippen LogP contribution is -2.27. The molecule has 0 saturated heterocycles. The van der Waals surface area contributed by atoms with Crippen molar-refractivity contribution < 1.29 is 14.4 Å². The number of nitrogens with zero attached hydrogens (tertiary/aromatic N) is 1.